The number of fused-ring (bicyclic) bond motifs is 2. The van der Waals surface area contributed by atoms with Crippen LogP contribution < -0.4 is 0 Å². The van der Waals surface area contributed by atoms with Gasteiger partial charge >= 0.3 is 0 Å². The van der Waals surface area contributed by atoms with E-state index in [9.17, 15) is 0 Å². The molecular formula is C32H36. The summed E-state index contributed by atoms with van der Waals surface area (Å²) in [7, 11) is 0. The van der Waals surface area contributed by atoms with Crippen molar-refractivity contribution in [2.24, 2.45) is 23.7 Å². The molecule has 5 aliphatic rings. The summed E-state index contributed by atoms with van der Waals surface area (Å²) >= 11 is 0. The van der Waals surface area contributed by atoms with E-state index in [1.54, 1.807) is 5.57 Å². The molecule has 0 aliphatic heterocycles. The summed E-state index contributed by atoms with van der Waals surface area (Å²) in [5, 5.41) is 0. The van der Waals surface area contributed by atoms with Crippen molar-refractivity contribution < 1.29 is 0 Å². The molecule has 5 rings (SSSR count). The van der Waals surface area contributed by atoms with E-state index in [1.807, 2.05) is 0 Å². The molecule has 32 heavy (non-hydrogen) atoms. The lowest BCUT2D eigenvalue weighted by Crippen LogP contribution is -2.14. The van der Waals surface area contributed by atoms with Gasteiger partial charge in [0, 0.05) is 11.8 Å². The first-order chi connectivity index (χ1) is 15.5. The van der Waals surface area contributed by atoms with Crippen LogP contribution in [-0.4, -0.2) is 0 Å². The van der Waals surface area contributed by atoms with Crippen LogP contribution in [0.3, 0.4) is 0 Å². The van der Waals surface area contributed by atoms with Crippen molar-refractivity contribution in [1.82, 2.24) is 0 Å². The summed E-state index contributed by atoms with van der Waals surface area (Å²) in [5.41, 5.74) is 9.43. The zero-order valence-electron chi connectivity index (χ0n) is 19.5. The van der Waals surface area contributed by atoms with Gasteiger partial charge in [-0.15, -0.1) is 0 Å². The second-order valence-corrected chi connectivity index (χ2v) is 10.5. The molecule has 164 valence electrons. The Balaban J connectivity index is 1.19. The number of hydrogen-bond acceptors (Lipinski definition) is 0. The molecule has 0 aromatic rings. The van der Waals surface area contributed by atoms with Crippen LogP contribution >= 0.6 is 0 Å². The largest absolute Gasteiger partial charge is 0.0952 e. The molecule has 0 amide bonds. The molecule has 0 bridgehead atoms. The van der Waals surface area contributed by atoms with Crippen LogP contribution in [0.2, 0.25) is 0 Å². The molecule has 0 aromatic heterocycles. The average Bonchev–Trinajstić information content (AvgIpc) is 3.20. The summed E-state index contributed by atoms with van der Waals surface area (Å²) in [6, 6.07) is 0. The first-order valence-electron chi connectivity index (χ1n) is 12.5. The highest BCUT2D eigenvalue weighted by atomic mass is 14.3. The Morgan fingerprint density at radius 2 is 1.84 bits per heavy atom. The summed E-state index contributed by atoms with van der Waals surface area (Å²) < 4.78 is 0. The van der Waals surface area contributed by atoms with Crippen molar-refractivity contribution in [3.8, 4) is 0 Å². The Morgan fingerprint density at radius 1 is 0.969 bits per heavy atom. The molecule has 1 fully saturated rings. The van der Waals surface area contributed by atoms with Crippen LogP contribution in [0, 0.1) is 23.7 Å². The normalized spacial score (nSPS) is 30.7. The highest BCUT2D eigenvalue weighted by Gasteiger charge is 2.23. The van der Waals surface area contributed by atoms with Gasteiger partial charge in [0.05, 0.1) is 0 Å². The second-order valence-electron chi connectivity index (χ2n) is 10.5. The predicted molar refractivity (Wildman–Crippen MR) is 138 cm³/mol. The van der Waals surface area contributed by atoms with Gasteiger partial charge in [-0.2, -0.15) is 0 Å². The Labute approximate surface area is 194 Å². The van der Waals surface area contributed by atoms with Gasteiger partial charge in [-0.3, -0.25) is 0 Å². The Morgan fingerprint density at radius 3 is 2.72 bits per heavy atom. The minimum Gasteiger partial charge on any atom is -0.0952 e. The van der Waals surface area contributed by atoms with Crippen LogP contribution in [0.4, 0.5) is 0 Å². The highest BCUT2D eigenvalue weighted by molar-refractivity contribution is 5.56. The second kappa shape index (κ2) is 9.10. The number of hydrogen-bond donors (Lipinski definition) is 0. The fourth-order valence-corrected chi connectivity index (χ4v) is 6.04. The van der Waals surface area contributed by atoms with Crippen molar-refractivity contribution in [3.63, 3.8) is 0 Å². The van der Waals surface area contributed by atoms with Gasteiger partial charge in [0.15, 0.2) is 0 Å². The smallest absolute Gasteiger partial charge is 0.0267 e. The molecule has 0 radical (unpaired) electrons. The maximum absolute atomic E-state index is 4.42. The first-order valence-corrected chi connectivity index (χ1v) is 12.5. The fourth-order valence-electron chi connectivity index (χ4n) is 6.04. The molecule has 4 atom stereocenters. The number of allylic oxidation sites excluding steroid dienone is 18. The van der Waals surface area contributed by atoms with Crippen LogP contribution in [0.1, 0.15) is 51.9 Å². The van der Waals surface area contributed by atoms with Gasteiger partial charge in [-0.05, 0) is 65.4 Å². The van der Waals surface area contributed by atoms with E-state index in [-0.39, 0.29) is 0 Å². The van der Waals surface area contributed by atoms with Crippen LogP contribution in [0.25, 0.3) is 0 Å². The van der Waals surface area contributed by atoms with E-state index in [0.717, 1.165) is 24.7 Å². The summed E-state index contributed by atoms with van der Waals surface area (Å²) in [4.78, 5) is 0. The summed E-state index contributed by atoms with van der Waals surface area (Å²) in [6.45, 7) is 11.1. The van der Waals surface area contributed by atoms with Crippen molar-refractivity contribution in [3.05, 3.63) is 119 Å². The standard InChI is InChI=1S/C32H36/c1-22-7-6-8-25(15-22)17-26-13-14-28-18-27(20-31(28)19-26)12-11-23(2)30-16-24(3)32-10-5-4-9-29(32)21-30/h4-5,9-10,13-14,16,18-22,25,31-32H,2-3,6-8,11-12,15,17H2,1H3. The lowest BCUT2D eigenvalue weighted by atomic mass is 9.78. The number of rotatable bonds is 6. The van der Waals surface area contributed by atoms with Crippen molar-refractivity contribution >= 4 is 0 Å². The predicted octanol–water partition coefficient (Wildman–Crippen LogP) is 8.68. The van der Waals surface area contributed by atoms with Gasteiger partial charge in [0.25, 0.3) is 0 Å². The molecule has 5 aliphatic carbocycles. The minimum atomic E-state index is 0.339. The first kappa shape index (κ1) is 21.3. The summed E-state index contributed by atoms with van der Waals surface area (Å²) in [5.74, 6) is 2.61. The van der Waals surface area contributed by atoms with Crippen LogP contribution in [0.5, 0.6) is 0 Å². The lowest BCUT2D eigenvalue weighted by Gasteiger charge is -2.28. The van der Waals surface area contributed by atoms with E-state index < -0.39 is 0 Å². The summed E-state index contributed by atoms with van der Waals surface area (Å²) in [6.07, 6.45) is 34.3. The zero-order valence-corrected chi connectivity index (χ0v) is 19.5. The average molecular weight is 421 g/mol. The van der Waals surface area contributed by atoms with Gasteiger partial charge in [-0.25, -0.2) is 0 Å². The molecule has 0 nitrogen and oxygen atoms in total. The van der Waals surface area contributed by atoms with Crippen molar-refractivity contribution in [2.75, 3.05) is 0 Å². The van der Waals surface area contributed by atoms with Crippen molar-refractivity contribution in [2.45, 2.75) is 51.9 Å². The fraction of sp³-hybridized carbons (Fsp3) is 0.375. The van der Waals surface area contributed by atoms with Gasteiger partial charge in [-0.1, -0.05) is 117 Å². The van der Waals surface area contributed by atoms with Gasteiger partial charge in [0.1, 0.15) is 0 Å². The molecule has 0 heterocycles. The molecular weight excluding hydrogens is 384 g/mol. The third-order valence-electron chi connectivity index (χ3n) is 7.83. The molecule has 4 unspecified atom stereocenters. The SMILES string of the molecule is C=C(CCC1=CC2C=C(CC3CCCC(C)C3)C=CC2=C1)C1=CC(=C)C2C=CC=CC2=C1. The van der Waals surface area contributed by atoms with Gasteiger partial charge < -0.3 is 0 Å². The van der Waals surface area contributed by atoms with E-state index in [1.165, 1.54) is 65.5 Å². The van der Waals surface area contributed by atoms with Crippen LogP contribution in [-0.2, 0) is 0 Å². The van der Waals surface area contributed by atoms with E-state index in [2.05, 4.69) is 86.9 Å². The lowest BCUT2D eigenvalue weighted by molar-refractivity contribution is 0.282. The molecule has 0 aromatic carbocycles. The monoisotopic (exact) mass is 420 g/mol. The van der Waals surface area contributed by atoms with Gasteiger partial charge in [0.2, 0.25) is 0 Å². The highest BCUT2D eigenvalue weighted by Crippen LogP contribution is 2.39. The maximum atomic E-state index is 4.42. The quantitative estimate of drug-likeness (QED) is 0.403. The van der Waals surface area contributed by atoms with Crippen molar-refractivity contribution in [1.29, 1.82) is 0 Å². The molecule has 1 saturated carbocycles. The molecule has 0 N–H and O–H groups in total. The van der Waals surface area contributed by atoms with E-state index >= 15 is 0 Å². The zero-order chi connectivity index (χ0) is 22.1. The van der Waals surface area contributed by atoms with E-state index in [4.69, 9.17) is 0 Å². The molecule has 0 saturated heterocycles. The minimum absolute atomic E-state index is 0.339. The Kier molecular flexibility index (Phi) is 6.05. The molecule has 0 heteroatoms. The maximum Gasteiger partial charge on any atom is 0.0267 e. The van der Waals surface area contributed by atoms with E-state index in [0.29, 0.717) is 11.8 Å². The topological polar surface area (TPSA) is 0 Å². The third kappa shape index (κ3) is 4.60. The third-order valence-corrected chi connectivity index (χ3v) is 7.83. The Hall–Kier alpha value is -2.60. The van der Waals surface area contributed by atoms with Crippen LogP contribution in [0.15, 0.2) is 119 Å². The molecule has 0 spiro atoms. The Bertz CT molecular complexity index is 1060.